The fourth-order valence-electron chi connectivity index (χ4n) is 1.61. The van der Waals surface area contributed by atoms with Gasteiger partial charge in [-0.25, -0.2) is 4.98 Å². The molecule has 5 heteroatoms. The zero-order valence-corrected chi connectivity index (χ0v) is 10.3. The summed E-state index contributed by atoms with van der Waals surface area (Å²) in [5.74, 6) is 0.314. The molecule has 0 aliphatic carbocycles. The molecule has 0 bridgehead atoms. The Labute approximate surface area is 98.0 Å². The molecule has 0 atom stereocenters. The standard InChI is InChI=1S/C10H11Cl2N3/c1-5(2)9-8-6(11)4-7(12)13-10(8)15(3)14-9/h4-5H,1-3H3. The van der Waals surface area contributed by atoms with Crippen LogP contribution in [0.25, 0.3) is 11.0 Å². The summed E-state index contributed by atoms with van der Waals surface area (Å²) in [7, 11) is 1.84. The lowest BCUT2D eigenvalue weighted by Crippen LogP contribution is -1.93. The van der Waals surface area contributed by atoms with Crippen molar-refractivity contribution in [3.8, 4) is 0 Å². The summed E-state index contributed by atoms with van der Waals surface area (Å²) in [4.78, 5) is 4.22. The van der Waals surface area contributed by atoms with E-state index in [0.29, 0.717) is 16.1 Å². The quantitative estimate of drug-likeness (QED) is 0.720. The van der Waals surface area contributed by atoms with Gasteiger partial charge in [0.25, 0.3) is 0 Å². The summed E-state index contributed by atoms with van der Waals surface area (Å²) in [6.45, 7) is 4.15. The molecule has 0 saturated carbocycles. The summed E-state index contributed by atoms with van der Waals surface area (Å²) >= 11 is 12.0. The number of pyridine rings is 1. The second-order valence-corrected chi connectivity index (χ2v) is 4.58. The third-order valence-electron chi connectivity index (χ3n) is 2.29. The van der Waals surface area contributed by atoms with Gasteiger partial charge in [-0.2, -0.15) is 5.10 Å². The van der Waals surface area contributed by atoms with Crippen LogP contribution in [0.2, 0.25) is 10.2 Å². The van der Waals surface area contributed by atoms with Gasteiger partial charge in [0.1, 0.15) is 5.15 Å². The van der Waals surface area contributed by atoms with Crippen LogP contribution in [0.3, 0.4) is 0 Å². The van der Waals surface area contributed by atoms with Gasteiger partial charge in [0.05, 0.1) is 16.1 Å². The van der Waals surface area contributed by atoms with E-state index in [1.54, 1.807) is 10.7 Å². The third-order valence-corrected chi connectivity index (χ3v) is 2.78. The fourth-order valence-corrected chi connectivity index (χ4v) is 2.14. The van der Waals surface area contributed by atoms with Crippen LogP contribution in [0, 0.1) is 0 Å². The van der Waals surface area contributed by atoms with E-state index in [-0.39, 0.29) is 0 Å². The van der Waals surface area contributed by atoms with E-state index < -0.39 is 0 Å². The second-order valence-electron chi connectivity index (χ2n) is 3.79. The zero-order valence-electron chi connectivity index (χ0n) is 8.75. The fraction of sp³-hybridized carbons (Fsp3) is 0.400. The molecule has 0 spiro atoms. The summed E-state index contributed by atoms with van der Waals surface area (Å²) in [6.07, 6.45) is 0. The van der Waals surface area contributed by atoms with Crippen LogP contribution in [0.15, 0.2) is 6.07 Å². The van der Waals surface area contributed by atoms with Gasteiger partial charge in [-0.3, -0.25) is 4.68 Å². The van der Waals surface area contributed by atoms with Crippen molar-refractivity contribution in [2.24, 2.45) is 7.05 Å². The van der Waals surface area contributed by atoms with Crippen molar-refractivity contribution in [3.05, 3.63) is 21.9 Å². The third kappa shape index (κ3) is 1.70. The lowest BCUT2D eigenvalue weighted by Gasteiger charge is -2.01. The predicted octanol–water partition coefficient (Wildman–Crippen LogP) is 3.40. The molecule has 0 aliphatic heterocycles. The van der Waals surface area contributed by atoms with Gasteiger partial charge < -0.3 is 0 Å². The number of fused-ring (bicyclic) bond motifs is 1. The molecule has 2 aromatic rings. The first kappa shape index (κ1) is 10.7. The highest BCUT2D eigenvalue weighted by atomic mass is 35.5. The van der Waals surface area contributed by atoms with Gasteiger partial charge in [-0.1, -0.05) is 37.0 Å². The van der Waals surface area contributed by atoms with E-state index in [4.69, 9.17) is 23.2 Å². The van der Waals surface area contributed by atoms with Crippen molar-refractivity contribution in [2.45, 2.75) is 19.8 Å². The van der Waals surface area contributed by atoms with Crippen LogP contribution < -0.4 is 0 Å². The molecular weight excluding hydrogens is 233 g/mol. The van der Waals surface area contributed by atoms with Crippen LogP contribution in [-0.4, -0.2) is 14.8 Å². The summed E-state index contributed by atoms with van der Waals surface area (Å²) in [5.41, 5.74) is 1.69. The average Bonchev–Trinajstić information content (AvgIpc) is 2.44. The van der Waals surface area contributed by atoms with Gasteiger partial charge in [-0.05, 0) is 12.0 Å². The molecule has 15 heavy (non-hydrogen) atoms. The summed E-state index contributed by atoms with van der Waals surface area (Å²) < 4.78 is 1.71. The lowest BCUT2D eigenvalue weighted by atomic mass is 10.1. The number of rotatable bonds is 1. The molecule has 0 aromatic carbocycles. The van der Waals surface area contributed by atoms with Crippen molar-refractivity contribution in [2.75, 3.05) is 0 Å². The van der Waals surface area contributed by atoms with Crippen molar-refractivity contribution in [3.63, 3.8) is 0 Å². The monoisotopic (exact) mass is 243 g/mol. The molecule has 0 unspecified atom stereocenters. The van der Waals surface area contributed by atoms with E-state index in [0.717, 1.165) is 16.7 Å². The molecule has 0 fully saturated rings. The normalized spacial score (nSPS) is 11.6. The van der Waals surface area contributed by atoms with Crippen LogP contribution in [-0.2, 0) is 7.05 Å². The van der Waals surface area contributed by atoms with E-state index in [1.807, 2.05) is 7.05 Å². The molecule has 2 rings (SSSR count). The Hall–Kier alpha value is -0.800. The first-order valence-electron chi connectivity index (χ1n) is 4.69. The van der Waals surface area contributed by atoms with Crippen molar-refractivity contribution in [1.29, 1.82) is 0 Å². The highest BCUT2D eigenvalue weighted by Gasteiger charge is 2.16. The molecule has 80 valence electrons. The molecule has 2 heterocycles. The lowest BCUT2D eigenvalue weighted by molar-refractivity contribution is 0.724. The number of aryl methyl sites for hydroxylation is 1. The Morgan fingerprint density at radius 1 is 1.33 bits per heavy atom. The molecule has 0 N–H and O–H groups in total. The zero-order chi connectivity index (χ0) is 11.2. The summed E-state index contributed by atoms with van der Waals surface area (Å²) in [5, 5.41) is 6.31. The summed E-state index contributed by atoms with van der Waals surface area (Å²) in [6, 6.07) is 1.65. The Balaban J connectivity index is 2.87. The molecule has 0 saturated heterocycles. The number of hydrogen-bond acceptors (Lipinski definition) is 2. The van der Waals surface area contributed by atoms with Crippen LogP contribution in [0.5, 0.6) is 0 Å². The molecule has 0 aliphatic rings. The van der Waals surface area contributed by atoms with Gasteiger partial charge in [-0.15, -0.1) is 0 Å². The van der Waals surface area contributed by atoms with Gasteiger partial charge in [0.15, 0.2) is 5.65 Å². The highest BCUT2D eigenvalue weighted by Crippen LogP contribution is 2.31. The van der Waals surface area contributed by atoms with Crippen LogP contribution >= 0.6 is 23.2 Å². The average molecular weight is 244 g/mol. The second kappa shape index (κ2) is 3.65. The first-order valence-corrected chi connectivity index (χ1v) is 5.45. The van der Waals surface area contributed by atoms with Crippen LogP contribution in [0.1, 0.15) is 25.5 Å². The highest BCUT2D eigenvalue weighted by molar-refractivity contribution is 6.37. The Morgan fingerprint density at radius 3 is 2.60 bits per heavy atom. The minimum Gasteiger partial charge on any atom is -0.250 e. The van der Waals surface area contributed by atoms with Crippen molar-refractivity contribution >= 4 is 34.2 Å². The number of halogens is 2. The minimum atomic E-state index is 0.314. The van der Waals surface area contributed by atoms with Crippen molar-refractivity contribution in [1.82, 2.24) is 14.8 Å². The topological polar surface area (TPSA) is 30.7 Å². The Bertz CT molecular complexity index is 517. The number of hydrogen-bond donors (Lipinski definition) is 0. The first-order chi connectivity index (χ1) is 7.00. The van der Waals surface area contributed by atoms with Gasteiger partial charge >= 0.3 is 0 Å². The Kier molecular flexibility index (Phi) is 2.61. The van der Waals surface area contributed by atoms with Gasteiger partial charge in [0, 0.05) is 7.05 Å². The minimum absolute atomic E-state index is 0.314. The molecular formula is C10H11Cl2N3. The van der Waals surface area contributed by atoms with E-state index in [1.165, 1.54) is 0 Å². The Morgan fingerprint density at radius 2 is 2.00 bits per heavy atom. The smallest absolute Gasteiger partial charge is 0.161 e. The SMILES string of the molecule is CC(C)c1nn(C)c2nc(Cl)cc(Cl)c12. The maximum Gasteiger partial charge on any atom is 0.161 e. The number of nitrogens with zero attached hydrogens (tertiary/aromatic N) is 3. The molecule has 2 aromatic heterocycles. The maximum absolute atomic E-state index is 6.15. The maximum atomic E-state index is 6.15. The predicted molar refractivity (Wildman–Crippen MR) is 62.6 cm³/mol. The largest absolute Gasteiger partial charge is 0.250 e. The molecule has 0 radical (unpaired) electrons. The van der Waals surface area contributed by atoms with Gasteiger partial charge in [0.2, 0.25) is 0 Å². The van der Waals surface area contributed by atoms with E-state index in [9.17, 15) is 0 Å². The van der Waals surface area contributed by atoms with Crippen LogP contribution in [0.4, 0.5) is 0 Å². The van der Waals surface area contributed by atoms with E-state index >= 15 is 0 Å². The molecule has 0 amide bonds. The number of aromatic nitrogens is 3. The van der Waals surface area contributed by atoms with Crippen molar-refractivity contribution < 1.29 is 0 Å². The van der Waals surface area contributed by atoms with E-state index in [2.05, 4.69) is 23.9 Å². The molecule has 3 nitrogen and oxygen atoms in total.